The summed E-state index contributed by atoms with van der Waals surface area (Å²) in [6.45, 7) is -0.230. The highest BCUT2D eigenvalue weighted by molar-refractivity contribution is 14.1. The van der Waals surface area contributed by atoms with Crippen LogP contribution in [0.1, 0.15) is 28.8 Å². The van der Waals surface area contributed by atoms with Crippen LogP contribution >= 0.6 is 22.6 Å². The predicted octanol–water partition coefficient (Wildman–Crippen LogP) is 4.72. The van der Waals surface area contributed by atoms with Gasteiger partial charge in [-0.2, -0.15) is 26.3 Å². The minimum absolute atomic E-state index is 0.115. The molecule has 1 saturated heterocycles. The molecule has 0 aromatic heterocycles. The van der Waals surface area contributed by atoms with Gasteiger partial charge in [0.15, 0.2) is 0 Å². The average molecular weight is 451 g/mol. The Balaban J connectivity index is 2.15. The van der Waals surface area contributed by atoms with Gasteiger partial charge >= 0.3 is 12.4 Å². The van der Waals surface area contributed by atoms with Crippen molar-refractivity contribution in [2.45, 2.75) is 25.2 Å². The molecule has 0 bridgehead atoms. The summed E-state index contributed by atoms with van der Waals surface area (Å²) in [6.07, 6.45) is -9.35. The van der Waals surface area contributed by atoms with Gasteiger partial charge in [0, 0.05) is 22.2 Å². The first-order valence-corrected chi connectivity index (χ1v) is 7.80. The lowest BCUT2D eigenvalue weighted by Gasteiger charge is -2.33. The molecule has 2 nitrogen and oxygen atoms in total. The molecule has 1 fully saturated rings. The van der Waals surface area contributed by atoms with E-state index >= 15 is 0 Å². The van der Waals surface area contributed by atoms with Crippen molar-refractivity contribution in [3.8, 4) is 0 Å². The van der Waals surface area contributed by atoms with Crippen LogP contribution in [-0.2, 0) is 6.18 Å². The monoisotopic (exact) mass is 451 g/mol. The van der Waals surface area contributed by atoms with Gasteiger partial charge in [-0.05, 0) is 53.6 Å². The lowest BCUT2D eigenvalue weighted by atomic mass is 9.95. The van der Waals surface area contributed by atoms with E-state index < -0.39 is 29.7 Å². The van der Waals surface area contributed by atoms with Crippen LogP contribution in [0, 0.1) is 9.49 Å². The number of piperidine rings is 1. The zero-order valence-electron chi connectivity index (χ0n) is 11.6. The number of amides is 1. The van der Waals surface area contributed by atoms with Gasteiger partial charge in [0.05, 0.1) is 11.5 Å². The Kier molecular flexibility index (Phi) is 5.17. The molecule has 0 unspecified atom stereocenters. The Morgan fingerprint density at radius 2 is 1.61 bits per heavy atom. The van der Waals surface area contributed by atoms with Crippen molar-refractivity contribution in [2.75, 3.05) is 13.1 Å². The zero-order chi connectivity index (χ0) is 17.4. The Bertz CT molecular complexity index is 590. The third-order valence-electron chi connectivity index (χ3n) is 3.72. The number of halogens is 7. The first kappa shape index (κ1) is 18.3. The third kappa shape index (κ3) is 4.51. The van der Waals surface area contributed by atoms with Crippen molar-refractivity contribution >= 4 is 28.5 Å². The second kappa shape index (κ2) is 6.48. The summed E-state index contributed by atoms with van der Waals surface area (Å²) in [4.78, 5) is 13.4. The SMILES string of the molecule is O=C(c1cc(I)cc(C(F)(F)F)c1)N1CCC(C(F)(F)F)CC1. The second-order valence-electron chi connectivity index (χ2n) is 5.33. The van der Waals surface area contributed by atoms with Crippen LogP contribution in [0.2, 0.25) is 0 Å². The largest absolute Gasteiger partial charge is 0.416 e. The van der Waals surface area contributed by atoms with Crippen molar-refractivity contribution < 1.29 is 31.1 Å². The second-order valence-corrected chi connectivity index (χ2v) is 6.58. The fourth-order valence-corrected chi connectivity index (χ4v) is 3.14. The highest BCUT2D eigenvalue weighted by Crippen LogP contribution is 2.35. The molecule has 1 aromatic carbocycles. The van der Waals surface area contributed by atoms with E-state index in [9.17, 15) is 31.1 Å². The van der Waals surface area contributed by atoms with Crippen molar-refractivity contribution in [3.63, 3.8) is 0 Å². The molecule has 1 aliphatic rings. The van der Waals surface area contributed by atoms with E-state index in [1.165, 1.54) is 11.0 Å². The number of likely N-dealkylation sites (tertiary alicyclic amines) is 1. The molecule has 0 aliphatic carbocycles. The predicted molar refractivity (Wildman–Crippen MR) is 78.8 cm³/mol. The van der Waals surface area contributed by atoms with Gasteiger partial charge < -0.3 is 4.90 Å². The minimum Gasteiger partial charge on any atom is -0.339 e. The van der Waals surface area contributed by atoms with E-state index in [-0.39, 0.29) is 35.1 Å². The number of hydrogen-bond donors (Lipinski definition) is 0. The summed E-state index contributed by atoms with van der Waals surface area (Å²) >= 11 is 1.67. The summed E-state index contributed by atoms with van der Waals surface area (Å²) < 4.78 is 76.4. The summed E-state index contributed by atoms with van der Waals surface area (Å²) in [6, 6.07) is 2.95. The van der Waals surface area contributed by atoms with Crippen LogP contribution in [0.3, 0.4) is 0 Å². The lowest BCUT2D eigenvalue weighted by Crippen LogP contribution is -2.42. The van der Waals surface area contributed by atoms with Gasteiger partial charge in [-0.25, -0.2) is 0 Å². The number of benzene rings is 1. The molecule has 23 heavy (non-hydrogen) atoms. The number of alkyl halides is 6. The molecule has 1 amide bonds. The smallest absolute Gasteiger partial charge is 0.339 e. The molecule has 0 spiro atoms. The molecule has 1 heterocycles. The third-order valence-corrected chi connectivity index (χ3v) is 4.34. The van der Waals surface area contributed by atoms with E-state index in [0.29, 0.717) is 0 Å². The van der Waals surface area contributed by atoms with Crippen molar-refractivity contribution in [1.82, 2.24) is 4.90 Å². The maximum atomic E-state index is 12.8. The number of nitrogens with zero attached hydrogens (tertiary/aromatic N) is 1. The van der Waals surface area contributed by atoms with E-state index in [1.54, 1.807) is 22.6 Å². The fraction of sp³-hybridized carbons (Fsp3) is 0.500. The van der Waals surface area contributed by atoms with Crippen molar-refractivity contribution in [1.29, 1.82) is 0 Å². The van der Waals surface area contributed by atoms with Crippen LogP contribution in [0.25, 0.3) is 0 Å². The lowest BCUT2D eigenvalue weighted by molar-refractivity contribution is -0.183. The Morgan fingerprint density at radius 1 is 1.04 bits per heavy atom. The molecule has 0 atom stereocenters. The standard InChI is InChI=1S/C14H12F6INO/c15-13(16,17)9-1-3-22(4-2-9)12(23)8-5-10(14(18,19)20)7-11(21)6-8/h5-7,9H,1-4H2. The highest BCUT2D eigenvalue weighted by atomic mass is 127. The van der Waals surface area contributed by atoms with Gasteiger partial charge in [0.25, 0.3) is 5.91 Å². The van der Waals surface area contributed by atoms with Crippen molar-refractivity contribution in [2.24, 2.45) is 5.92 Å². The molecule has 9 heteroatoms. The van der Waals surface area contributed by atoms with E-state index in [4.69, 9.17) is 0 Å². The average Bonchev–Trinajstić information content (AvgIpc) is 2.44. The highest BCUT2D eigenvalue weighted by Gasteiger charge is 2.42. The first-order chi connectivity index (χ1) is 10.5. The maximum Gasteiger partial charge on any atom is 0.416 e. The van der Waals surface area contributed by atoms with Gasteiger partial charge in [0.2, 0.25) is 0 Å². The maximum absolute atomic E-state index is 12.8. The molecule has 2 rings (SSSR count). The fourth-order valence-electron chi connectivity index (χ4n) is 2.47. The van der Waals surface area contributed by atoms with Gasteiger partial charge in [0.1, 0.15) is 0 Å². The topological polar surface area (TPSA) is 20.3 Å². The zero-order valence-corrected chi connectivity index (χ0v) is 13.8. The van der Waals surface area contributed by atoms with Crippen LogP contribution < -0.4 is 0 Å². The molecule has 0 N–H and O–H groups in total. The molecular weight excluding hydrogens is 439 g/mol. The van der Waals surface area contributed by atoms with Gasteiger partial charge in [-0.15, -0.1) is 0 Å². The van der Waals surface area contributed by atoms with Crippen LogP contribution in [0.5, 0.6) is 0 Å². The quantitative estimate of drug-likeness (QED) is 0.447. The van der Waals surface area contributed by atoms with E-state index in [1.807, 2.05) is 0 Å². The number of hydrogen-bond acceptors (Lipinski definition) is 1. The molecule has 0 saturated carbocycles. The normalized spacial score (nSPS) is 17.4. The molecule has 128 valence electrons. The molecule has 0 radical (unpaired) electrons. The summed E-state index contributed by atoms with van der Waals surface area (Å²) in [7, 11) is 0. The van der Waals surface area contributed by atoms with E-state index in [2.05, 4.69) is 0 Å². The molecule has 1 aromatic rings. The summed E-state index contributed by atoms with van der Waals surface area (Å²) in [5, 5.41) is 0. The summed E-state index contributed by atoms with van der Waals surface area (Å²) in [5.74, 6) is -2.14. The Labute approximate surface area is 142 Å². The molecular formula is C14H12F6INO. The van der Waals surface area contributed by atoms with Gasteiger partial charge in [-0.3, -0.25) is 4.79 Å². The van der Waals surface area contributed by atoms with Crippen LogP contribution in [0.15, 0.2) is 18.2 Å². The Hall–Kier alpha value is -1.00. The number of carbonyl (C=O) groups excluding carboxylic acids is 1. The Morgan fingerprint density at radius 3 is 2.09 bits per heavy atom. The number of rotatable bonds is 1. The minimum atomic E-state index is -4.58. The van der Waals surface area contributed by atoms with Crippen molar-refractivity contribution in [3.05, 3.63) is 32.9 Å². The number of carbonyl (C=O) groups is 1. The molecule has 1 aliphatic heterocycles. The first-order valence-electron chi connectivity index (χ1n) is 6.72. The van der Waals surface area contributed by atoms with Crippen LogP contribution in [-0.4, -0.2) is 30.1 Å². The van der Waals surface area contributed by atoms with E-state index in [0.717, 1.165) is 12.1 Å². The van der Waals surface area contributed by atoms with Gasteiger partial charge in [-0.1, -0.05) is 0 Å². The summed E-state index contributed by atoms with van der Waals surface area (Å²) in [5.41, 5.74) is -1.10. The van der Waals surface area contributed by atoms with Crippen LogP contribution in [0.4, 0.5) is 26.3 Å².